The molecule has 0 atom stereocenters. The summed E-state index contributed by atoms with van der Waals surface area (Å²) in [6.07, 6.45) is 0. The van der Waals surface area contributed by atoms with E-state index in [1.54, 1.807) is 30.3 Å². The normalized spacial score (nSPS) is 13.3. The van der Waals surface area contributed by atoms with Crippen LogP contribution in [0.5, 0.6) is 0 Å². The number of nitrogens with one attached hydrogen (secondary N) is 2. The van der Waals surface area contributed by atoms with Gasteiger partial charge in [-0.2, -0.15) is 0 Å². The Balaban J connectivity index is 1.16. The fourth-order valence-corrected chi connectivity index (χ4v) is 5.75. The number of rotatable bonds is 5. The van der Waals surface area contributed by atoms with Gasteiger partial charge in [0.05, 0.1) is 20.6 Å². The number of nitrogens with zero attached hydrogens (tertiary/aromatic N) is 2. The predicted octanol–water partition coefficient (Wildman–Crippen LogP) is 7.06. The van der Waals surface area contributed by atoms with Gasteiger partial charge < -0.3 is 19.5 Å². The number of furan rings is 1. The molecule has 1 fully saturated rings. The van der Waals surface area contributed by atoms with Gasteiger partial charge in [-0.05, 0) is 72.2 Å². The molecule has 39 heavy (non-hydrogen) atoms. The Morgan fingerprint density at radius 1 is 0.923 bits per heavy atom. The molecule has 2 aromatic heterocycles. The SMILES string of the molecule is O=C(NC(=S)Nc1ccc(N2CCN(C(=O)c3cccs3)CC2)c(Cl)c1)c1ccc(-c2cc(Cl)ccc2Cl)o1. The molecular weight excluding hydrogens is 599 g/mol. The number of carbonyl (C=O) groups excluding carboxylic acids is 2. The second-order valence-corrected chi connectivity index (χ2v) is 11.2. The molecule has 1 aliphatic heterocycles. The summed E-state index contributed by atoms with van der Waals surface area (Å²) in [5.74, 6) is 0.0142. The lowest BCUT2D eigenvalue weighted by atomic mass is 10.2. The zero-order valence-electron chi connectivity index (χ0n) is 20.2. The number of thiophene rings is 1. The second-order valence-electron chi connectivity index (χ2n) is 8.62. The van der Waals surface area contributed by atoms with Crippen LogP contribution in [-0.2, 0) is 0 Å². The van der Waals surface area contributed by atoms with Crippen molar-refractivity contribution in [3.63, 3.8) is 0 Å². The summed E-state index contributed by atoms with van der Waals surface area (Å²) in [6.45, 7) is 2.57. The fraction of sp³-hybridized carbons (Fsp3) is 0.148. The number of piperazine rings is 1. The maximum absolute atomic E-state index is 12.7. The number of benzene rings is 2. The molecule has 0 saturated carbocycles. The number of hydrogen-bond donors (Lipinski definition) is 2. The number of hydrogen-bond acceptors (Lipinski definition) is 6. The molecule has 2 aromatic carbocycles. The van der Waals surface area contributed by atoms with E-state index in [0.717, 1.165) is 10.6 Å². The summed E-state index contributed by atoms with van der Waals surface area (Å²) in [5, 5.41) is 9.04. The highest BCUT2D eigenvalue weighted by atomic mass is 35.5. The van der Waals surface area contributed by atoms with Gasteiger partial charge in [-0.15, -0.1) is 11.3 Å². The van der Waals surface area contributed by atoms with E-state index in [4.69, 9.17) is 51.4 Å². The minimum atomic E-state index is -0.519. The van der Waals surface area contributed by atoms with Crippen LogP contribution in [0.15, 0.2) is 70.5 Å². The lowest BCUT2D eigenvalue weighted by Gasteiger charge is -2.36. The standard InChI is InChI=1S/C27H21Cl3N4O3S2/c28-16-3-5-19(29)18(14-16)22-7-8-23(37-22)25(35)32-27(38)31-17-4-6-21(20(30)15-17)33-9-11-34(12-10-33)26(36)24-2-1-13-39-24/h1-8,13-15H,9-12H2,(H2,31,32,35,38). The van der Waals surface area contributed by atoms with Gasteiger partial charge in [0.1, 0.15) is 5.76 Å². The van der Waals surface area contributed by atoms with Crippen LogP contribution in [0.1, 0.15) is 20.2 Å². The molecule has 4 aromatic rings. The molecule has 2 amide bonds. The zero-order valence-corrected chi connectivity index (χ0v) is 24.1. The Hall–Kier alpha value is -3.08. The van der Waals surface area contributed by atoms with E-state index in [-0.39, 0.29) is 16.8 Å². The highest BCUT2D eigenvalue weighted by molar-refractivity contribution is 7.80. The van der Waals surface area contributed by atoms with Gasteiger partial charge in [0.15, 0.2) is 10.9 Å². The van der Waals surface area contributed by atoms with E-state index in [9.17, 15) is 9.59 Å². The summed E-state index contributed by atoms with van der Waals surface area (Å²) in [4.78, 5) is 30.0. The Morgan fingerprint density at radius 2 is 1.72 bits per heavy atom. The van der Waals surface area contributed by atoms with Crippen LogP contribution in [0.25, 0.3) is 11.3 Å². The number of halogens is 3. The van der Waals surface area contributed by atoms with Crippen molar-refractivity contribution in [1.82, 2.24) is 10.2 Å². The summed E-state index contributed by atoms with van der Waals surface area (Å²) < 4.78 is 5.67. The van der Waals surface area contributed by atoms with E-state index in [1.807, 2.05) is 34.5 Å². The molecule has 12 heteroatoms. The first kappa shape index (κ1) is 27.5. The van der Waals surface area contributed by atoms with Crippen molar-refractivity contribution >= 4 is 86.7 Å². The Kier molecular flexibility index (Phi) is 8.44. The lowest BCUT2D eigenvalue weighted by Crippen LogP contribution is -2.48. The highest BCUT2D eigenvalue weighted by Gasteiger charge is 2.24. The number of carbonyl (C=O) groups is 2. The van der Waals surface area contributed by atoms with Gasteiger partial charge in [0, 0.05) is 42.5 Å². The minimum Gasteiger partial charge on any atom is -0.451 e. The lowest BCUT2D eigenvalue weighted by molar-refractivity contribution is 0.0751. The largest absolute Gasteiger partial charge is 0.451 e. The molecular formula is C27H21Cl3N4O3S2. The second kappa shape index (κ2) is 12.0. The summed E-state index contributed by atoms with van der Waals surface area (Å²) in [5.41, 5.74) is 2.06. The van der Waals surface area contributed by atoms with Crippen LogP contribution in [0.2, 0.25) is 15.1 Å². The van der Waals surface area contributed by atoms with Crippen molar-refractivity contribution in [2.75, 3.05) is 36.4 Å². The number of thiocarbonyl (C=S) groups is 1. The quantitative estimate of drug-likeness (QED) is 0.233. The van der Waals surface area contributed by atoms with Gasteiger partial charge in [-0.1, -0.05) is 40.9 Å². The first-order chi connectivity index (χ1) is 18.8. The Bertz CT molecular complexity index is 1530. The number of amides is 2. The Morgan fingerprint density at radius 3 is 2.44 bits per heavy atom. The van der Waals surface area contributed by atoms with Crippen LogP contribution < -0.4 is 15.5 Å². The molecule has 7 nitrogen and oxygen atoms in total. The molecule has 5 rings (SSSR count). The molecule has 2 N–H and O–H groups in total. The smallest absolute Gasteiger partial charge is 0.293 e. The molecule has 0 aliphatic carbocycles. The maximum Gasteiger partial charge on any atom is 0.293 e. The first-order valence-electron chi connectivity index (χ1n) is 11.8. The van der Waals surface area contributed by atoms with Crippen LogP contribution in [-0.4, -0.2) is 48.0 Å². The van der Waals surface area contributed by atoms with Crippen molar-refractivity contribution in [3.05, 3.63) is 91.7 Å². The maximum atomic E-state index is 12.7. The van der Waals surface area contributed by atoms with Crippen LogP contribution in [0.4, 0.5) is 11.4 Å². The third kappa shape index (κ3) is 6.40. The molecule has 1 saturated heterocycles. The van der Waals surface area contributed by atoms with Gasteiger partial charge in [-0.3, -0.25) is 14.9 Å². The van der Waals surface area contributed by atoms with Gasteiger partial charge in [0.25, 0.3) is 11.8 Å². The molecule has 0 unspecified atom stereocenters. The van der Waals surface area contributed by atoms with Gasteiger partial charge >= 0.3 is 0 Å². The average Bonchev–Trinajstić information content (AvgIpc) is 3.63. The third-order valence-electron chi connectivity index (χ3n) is 6.10. The van der Waals surface area contributed by atoms with Crippen molar-refractivity contribution in [2.45, 2.75) is 0 Å². The van der Waals surface area contributed by atoms with Gasteiger partial charge in [-0.25, -0.2) is 0 Å². The molecule has 0 spiro atoms. The molecule has 0 radical (unpaired) electrons. The van der Waals surface area contributed by atoms with Crippen LogP contribution in [0, 0.1) is 0 Å². The average molecular weight is 620 g/mol. The van der Waals surface area contributed by atoms with E-state index >= 15 is 0 Å². The van der Waals surface area contributed by atoms with E-state index < -0.39 is 5.91 Å². The molecule has 3 heterocycles. The number of anilines is 2. The van der Waals surface area contributed by atoms with Crippen molar-refractivity contribution in [1.29, 1.82) is 0 Å². The zero-order chi connectivity index (χ0) is 27.5. The molecule has 200 valence electrons. The van der Waals surface area contributed by atoms with Crippen molar-refractivity contribution in [3.8, 4) is 11.3 Å². The molecule has 0 bridgehead atoms. The minimum absolute atomic E-state index is 0.0601. The third-order valence-corrected chi connectivity index (χ3v) is 8.03. The van der Waals surface area contributed by atoms with Crippen molar-refractivity contribution in [2.24, 2.45) is 0 Å². The predicted molar refractivity (Wildman–Crippen MR) is 162 cm³/mol. The topological polar surface area (TPSA) is 77.8 Å². The monoisotopic (exact) mass is 618 g/mol. The highest BCUT2D eigenvalue weighted by Crippen LogP contribution is 2.32. The first-order valence-corrected chi connectivity index (χ1v) is 14.3. The van der Waals surface area contributed by atoms with E-state index in [1.165, 1.54) is 17.4 Å². The summed E-state index contributed by atoms with van der Waals surface area (Å²) in [7, 11) is 0. The van der Waals surface area contributed by atoms with Crippen molar-refractivity contribution < 1.29 is 14.0 Å². The van der Waals surface area contributed by atoms with E-state index in [2.05, 4.69) is 15.5 Å². The van der Waals surface area contributed by atoms with Gasteiger partial charge in [0.2, 0.25) is 0 Å². The molecule has 1 aliphatic rings. The van der Waals surface area contributed by atoms with Crippen LogP contribution in [0.3, 0.4) is 0 Å². The fourth-order valence-electron chi connectivity index (χ4n) is 4.17. The summed E-state index contributed by atoms with van der Waals surface area (Å²) in [6, 6.07) is 17.3. The van der Waals surface area contributed by atoms with Crippen LogP contribution >= 0.6 is 58.4 Å². The van der Waals surface area contributed by atoms with E-state index in [0.29, 0.717) is 58.3 Å². The Labute approximate surface area is 249 Å². The summed E-state index contributed by atoms with van der Waals surface area (Å²) >= 11 is 25.6.